The maximum atomic E-state index is 13.5. The largest absolute Gasteiger partial charge is 0.493 e. The normalized spacial score (nSPS) is 15.6. The number of rotatable bonds is 7. The Kier molecular flexibility index (Phi) is 5.20. The quantitative estimate of drug-likeness (QED) is 0.810. The summed E-state index contributed by atoms with van der Waals surface area (Å²) < 4.78 is 19.2. The molecule has 1 N–H and O–H groups in total. The van der Waals surface area contributed by atoms with E-state index in [0.29, 0.717) is 24.1 Å². The number of ether oxygens (including phenoxy) is 1. The highest BCUT2D eigenvalue weighted by Gasteiger charge is 2.18. The summed E-state index contributed by atoms with van der Waals surface area (Å²) in [7, 11) is 0. The highest BCUT2D eigenvalue weighted by molar-refractivity contribution is 5.29. The van der Waals surface area contributed by atoms with Crippen molar-refractivity contribution in [3.63, 3.8) is 0 Å². The van der Waals surface area contributed by atoms with Crippen LogP contribution in [0.25, 0.3) is 0 Å². The highest BCUT2D eigenvalue weighted by atomic mass is 19.1. The van der Waals surface area contributed by atoms with E-state index in [1.165, 1.54) is 25.3 Å². The summed E-state index contributed by atoms with van der Waals surface area (Å²) in [5.74, 6) is 1.72. The van der Waals surface area contributed by atoms with Gasteiger partial charge in [-0.3, -0.25) is 0 Å². The molecular formula is C16H24FNO. The molecule has 1 aliphatic carbocycles. The van der Waals surface area contributed by atoms with Crippen LogP contribution in [0.4, 0.5) is 4.39 Å². The fourth-order valence-corrected chi connectivity index (χ4v) is 2.18. The lowest BCUT2D eigenvalue weighted by molar-refractivity contribution is 0.180. The summed E-state index contributed by atoms with van der Waals surface area (Å²) in [5, 5.41) is 3.32. The molecule has 3 heteroatoms. The maximum Gasteiger partial charge on any atom is 0.127 e. The predicted octanol–water partition coefficient (Wildman–Crippen LogP) is 3.75. The molecule has 0 amide bonds. The van der Waals surface area contributed by atoms with E-state index < -0.39 is 0 Å². The highest BCUT2D eigenvalue weighted by Crippen LogP contribution is 2.27. The molecule has 1 saturated carbocycles. The molecule has 2 nitrogen and oxygen atoms in total. The Morgan fingerprint density at radius 2 is 2.11 bits per heavy atom. The summed E-state index contributed by atoms with van der Waals surface area (Å²) in [6, 6.07) is 4.99. The van der Waals surface area contributed by atoms with Crippen molar-refractivity contribution in [2.24, 2.45) is 11.8 Å². The zero-order valence-corrected chi connectivity index (χ0v) is 11.9. The number of hydrogen-bond acceptors (Lipinski definition) is 2. The Morgan fingerprint density at radius 1 is 1.32 bits per heavy atom. The first kappa shape index (κ1) is 14.3. The SMILES string of the molecule is CC(C)CNCc1cc(F)cc(OCC2CCC2)c1. The molecule has 0 radical (unpaired) electrons. The predicted molar refractivity (Wildman–Crippen MR) is 75.8 cm³/mol. The average Bonchev–Trinajstić information content (AvgIpc) is 2.25. The molecule has 19 heavy (non-hydrogen) atoms. The molecule has 0 unspecified atom stereocenters. The third-order valence-corrected chi connectivity index (χ3v) is 3.52. The van der Waals surface area contributed by atoms with Crippen LogP contribution in [-0.4, -0.2) is 13.2 Å². The molecule has 2 rings (SSSR count). The van der Waals surface area contributed by atoms with Crippen LogP contribution >= 0.6 is 0 Å². The Bertz CT molecular complexity index is 402. The minimum absolute atomic E-state index is 0.215. The molecule has 106 valence electrons. The van der Waals surface area contributed by atoms with Crippen LogP contribution in [0.3, 0.4) is 0 Å². The van der Waals surface area contributed by atoms with Crippen LogP contribution in [0, 0.1) is 17.7 Å². The van der Waals surface area contributed by atoms with Crippen LogP contribution in [0.2, 0.25) is 0 Å². The molecular weight excluding hydrogens is 241 g/mol. The summed E-state index contributed by atoms with van der Waals surface area (Å²) in [6.07, 6.45) is 3.80. The zero-order valence-electron chi connectivity index (χ0n) is 11.9. The van der Waals surface area contributed by atoms with E-state index in [1.807, 2.05) is 6.07 Å². The second kappa shape index (κ2) is 6.90. The van der Waals surface area contributed by atoms with Crippen molar-refractivity contribution in [1.29, 1.82) is 0 Å². The van der Waals surface area contributed by atoms with Gasteiger partial charge >= 0.3 is 0 Å². The topological polar surface area (TPSA) is 21.3 Å². The van der Waals surface area contributed by atoms with Crippen LogP contribution in [0.5, 0.6) is 5.75 Å². The molecule has 0 bridgehead atoms. The van der Waals surface area contributed by atoms with E-state index in [4.69, 9.17) is 4.74 Å². The lowest BCUT2D eigenvalue weighted by atomic mass is 9.86. The van der Waals surface area contributed by atoms with Gasteiger partial charge in [0.2, 0.25) is 0 Å². The number of nitrogens with one attached hydrogen (secondary N) is 1. The first-order chi connectivity index (χ1) is 9.13. The fraction of sp³-hybridized carbons (Fsp3) is 0.625. The van der Waals surface area contributed by atoms with Gasteiger partial charge in [0.1, 0.15) is 11.6 Å². The molecule has 1 aromatic carbocycles. The number of hydrogen-bond donors (Lipinski definition) is 1. The monoisotopic (exact) mass is 265 g/mol. The van der Waals surface area contributed by atoms with E-state index in [2.05, 4.69) is 19.2 Å². The van der Waals surface area contributed by atoms with E-state index >= 15 is 0 Å². The molecule has 0 atom stereocenters. The molecule has 0 heterocycles. The van der Waals surface area contributed by atoms with Gasteiger partial charge in [-0.25, -0.2) is 4.39 Å². The van der Waals surface area contributed by atoms with Gasteiger partial charge in [0.05, 0.1) is 6.61 Å². The molecule has 0 aromatic heterocycles. The minimum Gasteiger partial charge on any atom is -0.493 e. The van der Waals surface area contributed by atoms with Crippen molar-refractivity contribution in [3.8, 4) is 5.75 Å². The number of benzene rings is 1. The van der Waals surface area contributed by atoms with Gasteiger partial charge < -0.3 is 10.1 Å². The Labute approximate surface area is 115 Å². The first-order valence-corrected chi connectivity index (χ1v) is 7.26. The van der Waals surface area contributed by atoms with Crippen molar-refractivity contribution in [3.05, 3.63) is 29.6 Å². The van der Waals surface area contributed by atoms with Gasteiger partial charge in [0.25, 0.3) is 0 Å². The summed E-state index contributed by atoms with van der Waals surface area (Å²) >= 11 is 0. The lowest BCUT2D eigenvalue weighted by Gasteiger charge is -2.25. The standard InChI is InChI=1S/C16H24FNO/c1-12(2)9-18-10-14-6-15(17)8-16(7-14)19-11-13-4-3-5-13/h6-8,12-13,18H,3-5,9-11H2,1-2H3. The average molecular weight is 265 g/mol. The van der Waals surface area contributed by atoms with Crippen LogP contribution in [0.1, 0.15) is 38.7 Å². The van der Waals surface area contributed by atoms with Crippen LogP contribution in [-0.2, 0) is 6.54 Å². The van der Waals surface area contributed by atoms with Crippen LogP contribution in [0.15, 0.2) is 18.2 Å². The second-order valence-electron chi connectivity index (χ2n) is 5.93. The minimum atomic E-state index is -0.215. The summed E-state index contributed by atoms with van der Waals surface area (Å²) in [5.41, 5.74) is 0.948. The summed E-state index contributed by atoms with van der Waals surface area (Å²) in [6.45, 7) is 6.67. The molecule has 1 fully saturated rings. The van der Waals surface area contributed by atoms with Gasteiger partial charge in [-0.1, -0.05) is 20.3 Å². The van der Waals surface area contributed by atoms with E-state index in [0.717, 1.165) is 18.7 Å². The van der Waals surface area contributed by atoms with E-state index in [-0.39, 0.29) is 5.82 Å². The van der Waals surface area contributed by atoms with Gasteiger partial charge in [0.15, 0.2) is 0 Å². The Hall–Kier alpha value is -1.09. The van der Waals surface area contributed by atoms with Gasteiger partial charge in [-0.05, 0) is 48.9 Å². The molecule has 0 aliphatic heterocycles. The van der Waals surface area contributed by atoms with E-state index in [9.17, 15) is 4.39 Å². The molecule has 1 aromatic rings. The lowest BCUT2D eigenvalue weighted by Crippen LogP contribution is -2.20. The molecule has 1 aliphatic rings. The Morgan fingerprint density at radius 3 is 2.74 bits per heavy atom. The molecule has 0 saturated heterocycles. The zero-order chi connectivity index (χ0) is 13.7. The smallest absolute Gasteiger partial charge is 0.127 e. The Balaban J connectivity index is 1.86. The third-order valence-electron chi connectivity index (χ3n) is 3.52. The maximum absolute atomic E-state index is 13.5. The summed E-state index contributed by atoms with van der Waals surface area (Å²) in [4.78, 5) is 0. The molecule has 0 spiro atoms. The van der Waals surface area contributed by atoms with Gasteiger partial charge in [-0.15, -0.1) is 0 Å². The van der Waals surface area contributed by atoms with Crippen molar-refractivity contribution in [1.82, 2.24) is 5.32 Å². The third kappa shape index (κ3) is 4.83. The second-order valence-corrected chi connectivity index (χ2v) is 5.93. The number of halogens is 1. The first-order valence-electron chi connectivity index (χ1n) is 7.26. The van der Waals surface area contributed by atoms with Crippen molar-refractivity contribution < 1.29 is 9.13 Å². The van der Waals surface area contributed by atoms with Crippen LogP contribution < -0.4 is 10.1 Å². The fourth-order valence-electron chi connectivity index (χ4n) is 2.18. The van der Waals surface area contributed by atoms with Crippen molar-refractivity contribution in [2.45, 2.75) is 39.7 Å². The van der Waals surface area contributed by atoms with Crippen molar-refractivity contribution >= 4 is 0 Å². The van der Waals surface area contributed by atoms with E-state index in [1.54, 1.807) is 6.07 Å². The van der Waals surface area contributed by atoms with Crippen molar-refractivity contribution in [2.75, 3.05) is 13.2 Å². The van der Waals surface area contributed by atoms with Gasteiger partial charge in [0, 0.05) is 12.6 Å². The van der Waals surface area contributed by atoms with Gasteiger partial charge in [-0.2, -0.15) is 0 Å².